The zero-order valence-corrected chi connectivity index (χ0v) is 12.2. The minimum absolute atomic E-state index is 0.547. The van der Waals surface area contributed by atoms with Crippen molar-refractivity contribution >= 4 is 5.97 Å². The normalized spacial score (nSPS) is 11.8. The highest BCUT2D eigenvalue weighted by Crippen LogP contribution is 2.38. The molecule has 1 aromatic rings. The summed E-state index contributed by atoms with van der Waals surface area (Å²) >= 11 is 0. The summed E-state index contributed by atoms with van der Waals surface area (Å²) in [6, 6.07) is 3.14. The lowest BCUT2D eigenvalue weighted by molar-refractivity contribution is -0.138. The first-order valence-electron chi connectivity index (χ1n) is 6.28. The minimum Gasteiger partial charge on any atom is -0.493 e. The fraction of sp³-hybridized carbons (Fsp3) is 0.500. The number of aliphatic carboxylic acids is 1. The van der Waals surface area contributed by atoms with Gasteiger partial charge in [-0.15, -0.1) is 0 Å². The topological polar surface area (TPSA) is 77.0 Å². The predicted molar refractivity (Wildman–Crippen MR) is 74.9 cm³/mol. The third kappa shape index (κ3) is 4.03. The quantitative estimate of drug-likeness (QED) is 0.749. The maximum Gasteiger partial charge on any atom is 0.320 e. The van der Waals surface area contributed by atoms with Gasteiger partial charge >= 0.3 is 5.97 Å². The second-order valence-corrected chi connectivity index (χ2v) is 4.30. The summed E-state index contributed by atoms with van der Waals surface area (Å²) in [5.74, 6) is 0.863. The van der Waals surface area contributed by atoms with Crippen LogP contribution >= 0.6 is 0 Å². The molecular weight excluding hydrogens is 262 g/mol. The molecule has 0 fully saturated rings. The average Bonchev–Trinajstić information content (AvgIpc) is 2.45. The molecule has 0 heterocycles. The van der Waals surface area contributed by atoms with E-state index in [2.05, 4.69) is 5.32 Å². The van der Waals surface area contributed by atoms with Gasteiger partial charge in [0.2, 0.25) is 5.75 Å². The van der Waals surface area contributed by atoms with Crippen molar-refractivity contribution < 1.29 is 24.1 Å². The molecule has 112 valence electrons. The summed E-state index contributed by atoms with van der Waals surface area (Å²) in [5.41, 5.74) is 0.976. The first-order valence-corrected chi connectivity index (χ1v) is 6.28. The van der Waals surface area contributed by atoms with Crippen LogP contribution < -0.4 is 19.5 Å². The molecule has 1 unspecified atom stereocenters. The molecule has 6 nitrogen and oxygen atoms in total. The molecule has 2 N–H and O–H groups in total. The van der Waals surface area contributed by atoms with Gasteiger partial charge < -0.3 is 24.6 Å². The van der Waals surface area contributed by atoms with Gasteiger partial charge in [-0.1, -0.05) is 0 Å². The van der Waals surface area contributed by atoms with Crippen molar-refractivity contribution in [2.24, 2.45) is 0 Å². The molecule has 0 radical (unpaired) electrons. The molecular formula is C14H21NO5. The fourth-order valence-corrected chi connectivity index (χ4v) is 1.80. The Hall–Kier alpha value is -1.95. The van der Waals surface area contributed by atoms with Crippen LogP contribution in [0.5, 0.6) is 17.2 Å². The fourth-order valence-electron chi connectivity index (χ4n) is 1.80. The minimum atomic E-state index is -0.866. The highest BCUT2D eigenvalue weighted by atomic mass is 16.5. The first kappa shape index (κ1) is 16.1. The van der Waals surface area contributed by atoms with Crippen molar-refractivity contribution in [1.29, 1.82) is 0 Å². The smallest absolute Gasteiger partial charge is 0.320 e. The van der Waals surface area contributed by atoms with Gasteiger partial charge in [-0.3, -0.25) is 4.79 Å². The second kappa shape index (κ2) is 7.59. The summed E-state index contributed by atoms with van der Waals surface area (Å²) < 4.78 is 15.8. The number of rotatable bonds is 8. The number of nitrogens with one attached hydrogen (secondary N) is 1. The molecule has 0 bridgehead atoms. The second-order valence-electron chi connectivity index (χ2n) is 4.30. The SMILES string of the molecule is COc1cc(CCNC(C)C(=O)O)cc(OC)c1OC. The third-order valence-corrected chi connectivity index (χ3v) is 2.96. The number of carboxylic acids is 1. The van der Waals surface area contributed by atoms with Crippen LogP contribution in [0.25, 0.3) is 0 Å². The van der Waals surface area contributed by atoms with Gasteiger partial charge in [-0.25, -0.2) is 0 Å². The Labute approximate surface area is 118 Å². The molecule has 0 spiro atoms. The van der Waals surface area contributed by atoms with Crippen molar-refractivity contribution in [1.82, 2.24) is 5.32 Å². The molecule has 0 saturated carbocycles. The Morgan fingerprint density at radius 3 is 2.15 bits per heavy atom. The lowest BCUT2D eigenvalue weighted by atomic mass is 10.1. The molecule has 0 saturated heterocycles. The molecule has 1 rings (SSSR count). The molecule has 0 aromatic heterocycles. The molecule has 1 atom stereocenters. The van der Waals surface area contributed by atoms with Crippen LogP contribution in [0.1, 0.15) is 12.5 Å². The van der Waals surface area contributed by atoms with Gasteiger partial charge in [0, 0.05) is 0 Å². The van der Waals surface area contributed by atoms with E-state index in [-0.39, 0.29) is 0 Å². The van der Waals surface area contributed by atoms with Crippen molar-refractivity contribution in [2.45, 2.75) is 19.4 Å². The van der Waals surface area contributed by atoms with E-state index < -0.39 is 12.0 Å². The first-order chi connectivity index (χ1) is 9.53. The van der Waals surface area contributed by atoms with Crippen LogP contribution in [0, 0.1) is 0 Å². The summed E-state index contributed by atoms with van der Waals surface area (Å²) in [7, 11) is 4.67. The summed E-state index contributed by atoms with van der Waals surface area (Å²) in [6.45, 7) is 2.16. The van der Waals surface area contributed by atoms with Crippen LogP contribution in [-0.2, 0) is 11.2 Å². The van der Waals surface area contributed by atoms with E-state index in [1.54, 1.807) is 28.3 Å². The predicted octanol–water partition coefficient (Wildman–Crippen LogP) is 1.32. The van der Waals surface area contributed by atoms with Crippen molar-refractivity contribution in [2.75, 3.05) is 27.9 Å². The Balaban J connectivity index is 2.78. The Kier molecular flexibility index (Phi) is 6.11. The number of ether oxygens (including phenoxy) is 3. The lowest BCUT2D eigenvalue weighted by Crippen LogP contribution is -2.34. The number of methoxy groups -OCH3 is 3. The zero-order chi connectivity index (χ0) is 15.1. The van der Waals surface area contributed by atoms with Crippen LogP contribution in [0.3, 0.4) is 0 Å². The molecule has 0 aliphatic rings. The Bertz CT molecular complexity index is 436. The molecule has 0 amide bonds. The highest BCUT2D eigenvalue weighted by Gasteiger charge is 2.14. The number of hydrogen-bond donors (Lipinski definition) is 2. The van der Waals surface area contributed by atoms with Gasteiger partial charge in [-0.05, 0) is 37.6 Å². The number of hydrogen-bond acceptors (Lipinski definition) is 5. The van der Waals surface area contributed by atoms with E-state index in [0.717, 1.165) is 5.56 Å². The summed E-state index contributed by atoms with van der Waals surface area (Å²) in [6.07, 6.45) is 0.661. The maximum atomic E-state index is 10.7. The molecule has 0 aliphatic carbocycles. The Morgan fingerprint density at radius 2 is 1.75 bits per heavy atom. The van der Waals surface area contributed by atoms with Gasteiger partial charge in [0.15, 0.2) is 11.5 Å². The van der Waals surface area contributed by atoms with E-state index in [4.69, 9.17) is 19.3 Å². The van der Waals surface area contributed by atoms with Crippen LogP contribution in [0.15, 0.2) is 12.1 Å². The number of carbonyl (C=O) groups is 1. The zero-order valence-electron chi connectivity index (χ0n) is 12.2. The molecule has 0 aliphatic heterocycles. The van der Waals surface area contributed by atoms with Crippen molar-refractivity contribution in [3.63, 3.8) is 0 Å². The van der Waals surface area contributed by atoms with Gasteiger partial charge in [0.25, 0.3) is 0 Å². The van der Waals surface area contributed by atoms with Crippen LogP contribution in [0.4, 0.5) is 0 Å². The summed E-state index contributed by atoms with van der Waals surface area (Å²) in [4.78, 5) is 10.7. The number of benzene rings is 1. The van der Waals surface area contributed by atoms with Crippen molar-refractivity contribution in [3.05, 3.63) is 17.7 Å². The lowest BCUT2D eigenvalue weighted by Gasteiger charge is -2.14. The largest absolute Gasteiger partial charge is 0.493 e. The van der Waals surface area contributed by atoms with E-state index in [9.17, 15) is 4.79 Å². The summed E-state index contributed by atoms with van der Waals surface area (Å²) in [5, 5.41) is 11.7. The van der Waals surface area contributed by atoms with Gasteiger partial charge in [-0.2, -0.15) is 0 Å². The van der Waals surface area contributed by atoms with E-state index in [1.165, 1.54) is 0 Å². The highest BCUT2D eigenvalue weighted by molar-refractivity contribution is 5.72. The molecule has 20 heavy (non-hydrogen) atoms. The number of carboxylic acid groups (broad SMARTS) is 1. The monoisotopic (exact) mass is 283 g/mol. The molecule has 6 heteroatoms. The van der Waals surface area contributed by atoms with E-state index in [1.807, 2.05) is 12.1 Å². The van der Waals surface area contributed by atoms with Crippen molar-refractivity contribution in [3.8, 4) is 17.2 Å². The van der Waals surface area contributed by atoms with Gasteiger partial charge in [0.05, 0.1) is 21.3 Å². The van der Waals surface area contributed by atoms with E-state index >= 15 is 0 Å². The maximum absolute atomic E-state index is 10.7. The van der Waals surface area contributed by atoms with Crippen LogP contribution in [0.2, 0.25) is 0 Å². The van der Waals surface area contributed by atoms with E-state index in [0.29, 0.717) is 30.2 Å². The standard InChI is InChI=1S/C14H21NO5/c1-9(14(16)17)15-6-5-10-7-11(18-2)13(20-4)12(8-10)19-3/h7-9,15H,5-6H2,1-4H3,(H,16,17). The molecule has 1 aromatic carbocycles. The van der Waals surface area contributed by atoms with Crippen LogP contribution in [-0.4, -0.2) is 45.0 Å². The van der Waals surface area contributed by atoms with Gasteiger partial charge in [0.1, 0.15) is 6.04 Å². The third-order valence-electron chi connectivity index (χ3n) is 2.96. The average molecular weight is 283 g/mol. The Morgan fingerprint density at radius 1 is 1.20 bits per heavy atom.